The first-order valence-electron chi connectivity index (χ1n) is 5.62. The quantitative estimate of drug-likeness (QED) is 0.852. The number of alkyl halides is 3. The van der Waals surface area contributed by atoms with Crippen molar-refractivity contribution < 1.29 is 22.6 Å². The van der Waals surface area contributed by atoms with Gasteiger partial charge in [0.2, 0.25) is 0 Å². The molecule has 0 saturated heterocycles. The number of halogens is 3. The summed E-state index contributed by atoms with van der Waals surface area (Å²) >= 11 is 0. The molecule has 0 atom stereocenters. The minimum Gasteiger partial charge on any atom is -0.493 e. The minimum absolute atomic E-state index is 0.127. The molecule has 0 saturated carbocycles. The van der Waals surface area contributed by atoms with Crippen molar-refractivity contribution in [3.63, 3.8) is 0 Å². The number of methoxy groups -OCH3 is 2. The van der Waals surface area contributed by atoms with E-state index in [-0.39, 0.29) is 22.4 Å². The second-order valence-electron chi connectivity index (χ2n) is 4.17. The highest BCUT2D eigenvalue weighted by atomic mass is 19.4. The maximum Gasteiger partial charge on any atom is 0.431 e. The molecule has 20 heavy (non-hydrogen) atoms. The molecule has 1 aromatic carbocycles. The van der Waals surface area contributed by atoms with Crippen molar-refractivity contribution in [2.24, 2.45) is 7.05 Å². The fourth-order valence-electron chi connectivity index (χ4n) is 2.04. The predicted octanol–water partition coefficient (Wildman–Crippen LogP) is 2.57. The Morgan fingerprint density at radius 3 is 2.10 bits per heavy atom. The van der Waals surface area contributed by atoms with Gasteiger partial charge < -0.3 is 14.0 Å². The molecule has 0 unspecified atom stereocenters. The van der Waals surface area contributed by atoms with E-state index in [9.17, 15) is 18.0 Å². The lowest BCUT2D eigenvalue weighted by molar-refractivity contribution is -0.143. The zero-order valence-electron chi connectivity index (χ0n) is 11.0. The molecule has 0 aliphatic rings. The van der Waals surface area contributed by atoms with Crippen molar-refractivity contribution in [2.75, 3.05) is 14.2 Å². The van der Waals surface area contributed by atoms with Gasteiger partial charge in [-0.05, 0) is 6.07 Å². The number of aryl methyl sites for hydroxylation is 1. The number of aromatic nitrogens is 1. The standard InChI is InChI=1S/C13H12F3NO3/c1-17-8-5-11(20-3)10(19-2)4-7(8)9(18)6-12(17)13(14,15)16/h4-6H,1-3H3. The van der Waals surface area contributed by atoms with Crippen LogP contribution in [0.15, 0.2) is 23.0 Å². The fourth-order valence-corrected chi connectivity index (χ4v) is 2.04. The van der Waals surface area contributed by atoms with Crippen LogP contribution >= 0.6 is 0 Å². The summed E-state index contributed by atoms with van der Waals surface area (Å²) in [6, 6.07) is 3.30. The average Bonchev–Trinajstić information content (AvgIpc) is 2.40. The second kappa shape index (κ2) is 4.73. The van der Waals surface area contributed by atoms with Gasteiger partial charge in [-0.2, -0.15) is 13.2 Å². The Morgan fingerprint density at radius 1 is 1.05 bits per heavy atom. The van der Waals surface area contributed by atoms with Gasteiger partial charge in [0.05, 0.1) is 19.7 Å². The Labute approximate surface area is 112 Å². The molecule has 0 spiro atoms. The molecule has 4 nitrogen and oxygen atoms in total. The number of rotatable bonds is 2. The van der Waals surface area contributed by atoms with Crippen molar-refractivity contribution in [1.29, 1.82) is 0 Å². The summed E-state index contributed by atoms with van der Waals surface area (Å²) in [6.07, 6.45) is -4.60. The van der Waals surface area contributed by atoms with Gasteiger partial charge in [0.15, 0.2) is 16.9 Å². The molecule has 0 fully saturated rings. The third-order valence-corrected chi connectivity index (χ3v) is 3.05. The van der Waals surface area contributed by atoms with E-state index < -0.39 is 17.3 Å². The number of benzene rings is 1. The molecule has 0 aliphatic carbocycles. The highest BCUT2D eigenvalue weighted by Crippen LogP contribution is 2.34. The molecular formula is C13H12F3NO3. The molecule has 0 aliphatic heterocycles. The van der Waals surface area contributed by atoms with E-state index in [4.69, 9.17) is 9.47 Å². The van der Waals surface area contributed by atoms with Crippen LogP contribution < -0.4 is 14.9 Å². The molecule has 0 amide bonds. The van der Waals surface area contributed by atoms with Crippen molar-refractivity contribution in [3.05, 3.63) is 34.1 Å². The van der Waals surface area contributed by atoms with Gasteiger partial charge in [-0.3, -0.25) is 4.79 Å². The van der Waals surface area contributed by atoms with E-state index >= 15 is 0 Å². The maximum absolute atomic E-state index is 12.9. The summed E-state index contributed by atoms with van der Waals surface area (Å²) in [5.74, 6) is 0.547. The van der Waals surface area contributed by atoms with Gasteiger partial charge in [-0.15, -0.1) is 0 Å². The van der Waals surface area contributed by atoms with Crippen LogP contribution in [0.25, 0.3) is 10.9 Å². The summed E-state index contributed by atoms with van der Waals surface area (Å²) in [7, 11) is 4.00. The number of nitrogens with zero attached hydrogens (tertiary/aromatic N) is 1. The first-order chi connectivity index (χ1) is 9.29. The second-order valence-corrected chi connectivity index (χ2v) is 4.17. The minimum atomic E-state index is -4.60. The molecule has 7 heteroatoms. The Bertz CT molecular complexity index is 719. The Hall–Kier alpha value is -2.18. The fraction of sp³-hybridized carbons (Fsp3) is 0.308. The van der Waals surface area contributed by atoms with Crippen LogP contribution in [0.5, 0.6) is 11.5 Å². The summed E-state index contributed by atoms with van der Waals surface area (Å²) in [6.45, 7) is 0. The van der Waals surface area contributed by atoms with Crippen LogP contribution in [0, 0.1) is 0 Å². The number of fused-ring (bicyclic) bond motifs is 1. The molecule has 1 heterocycles. The maximum atomic E-state index is 12.9. The Balaban J connectivity index is 2.90. The topological polar surface area (TPSA) is 40.5 Å². The van der Waals surface area contributed by atoms with E-state index in [0.29, 0.717) is 6.07 Å². The molecule has 0 bridgehead atoms. The van der Waals surface area contributed by atoms with Crippen LogP contribution in [0.2, 0.25) is 0 Å². The molecule has 1 aromatic heterocycles. The summed E-state index contributed by atoms with van der Waals surface area (Å²) in [5.41, 5.74) is -1.60. The van der Waals surface area contributed by atoms with E-state index in [1.807, 2.05) is 0 Å². The smallest absolute Gasteiger partial charge is 0.431 e. The van der Waals surface area contributed by atoms with Gasteiger partial charge in [0, 0.05) is 24.6 Å². The highest BCUT2D eigenvalue weighted by Gasteiger charge is 2.34. The lowest BCUT2D eigenvalue weighted by Crippen LogP contribution is -2.19. The van der Waals surface area contributed by atoms with Gasteiger partial charge >= 0.3 is 6.18 Å². The molecule has 108 valence electrons. The third kappa shape index (κ3) is 2.19. The molecule has 0 N–H and O–H groups in total. The van der Waals surface area contributed by atoms with Crippen LogP contribution in [0.3, 0.4) is 0 Å². The lowest BCUT2D eigenvalue weighted by Gasteiger charge is -2.16. The average molecular weight is 287 g/mol. The highest BCUT2D eigenvalue weighted by molar-refractivity contribution is 5.83. The van der Waals surface area contributed by atoms with Crippen LogP contribution in [-0.2, 0) is 13.2 Å². The van der Waals surface area contributed by atoms with Crippen LogP contribution in [0.1, 0.15) is 5.69 Å². The molecule has 0 radical (unpaired) electrons. The van der Waals surface area contributed by atoms with E-state index in [1.54, 1.807) is 0 Å². The van der Waals surface area contributed by atoms with Crippen molar-refractivity contribution in [2.45, 2.75) is 6.18 Å². The Morgan fingerprint density at radius 2 is 1.60 bits per heavy atom. The van der Waals surface area contributed by atoms with E-state index in [2.05, 4.69) is 0 Å². The first kappa shape index (κ1) is 14.2. The summed E-state index contributed by atoms with van der Waals surface area (Å²) in [4.78, 5) is 11.9. The van der Waals surface area contributed by atoms with Crippen LogP contribution in [-0.4, -0.2) is 18.8 Å². The number of hydrogen-bond acceptors (Lipinski definition) is 3. The third-order valence-electron chi connectivity index (χ3n) is 3.05. The molecule has 2 rings (SSSR count). The normalized spacial score (nSPS) is 11.7. The monoisotopic (exact) mass is 287 g/mol. The largest absolute Gasteiger partial charge is 0.493 e. The van der Waals surface area contributed by atoms with Gasteiger partial charge in [0.1, 0.15) is 5.69 Å². The summed E-state index contributed by atoms with van der Waals surface area (Å²) < 4.78 is 49.6. The first-order valence-corrected chi connectivity index (χ1v) is 5.62. The van der Waals surface area contributed by atoms with Gasteiger partial charge in [-0.25, -0.2) is 0 Å². The SMILES string of the molecule is COc1cc2c(=O)cc(C(F)(F)F)n(C)c2cc1OC. The van der Waals surface area contributed by atoms with Crippen molar-refractivity contribution in [3.8, 4) is 11.5 Å². The number of ether oxygens (including phenoxy) is 2. The lowest BCUT2D eigenvalue weighted by atomic mass is 10.1. The number of hydrogen-bond donors (Lipinski definition) is 0. The van der Waals surface area contributed by atoms with Gasteiger partial charge in [-0.1, -0.05) is 0 Å². The molecular weight excluding hydrogens is 275 g/mol. The van der Waals surface area contributed by atoms with Crippen molar-refractivity contribution in [1.82, 2.24) is 4.57 Å². The zero-order valence-corrected chi connectivity index (χ0v) is 11.0. The van der Waals surface area contributed by atoms with E-state index in [0.717, 1.165) is 4.57 Å². The number of pyridine rings is 1. The van der Waals surface area contributed by atoms with Crippen LogP contribution in [0.4, 0.5) is 13.2 Å². The van der Waals surface area contributed by atoms with Gasteiger partial charge in [0.25, 0.3) is 0 Å². The summed E-state index contributed by atoms with van der Waals surface area (Å²) in [5, 5.41) is 0.137. The Kier molecular flexibility index (Phi) is 3.37. The predicted molar refractivity (Wildman–Crippen MR) is 67.3 cm³/mol. The van der Waals surface area contributed by atoms with Crippen molar-refractivity contribution >= 4 is 10.9 Å². The molecule has 2 aromatic rings. The zero-order chi connectivity index (χ0) is 15.1. The van der Waals surface area contributed by atoms with E-state index in [1.165, 1.54) is 33.4 Å².